The van der Waals surface area contributed by atoms with E-state index in [4.69, 9.17) is 11.6 Å². The summed E-state index contributed by atoms with van der Waals surface area (Å²) in [4.78, 5) is 15.9. The number of amides is 1. The summed E-state index contributed by atoms with van der Waals surface area (Å²) in [6, 6.07) is 7.52. The zero-order valence-corrected chi connectivity index (χ0v) is 8.51. The molecule has 1 aliphatic rings. The highest BCUT2D eigenvalue weighted by molar-refractivity contribution is 6.32. The Morgan fingerprint density at radius 1 is 1.33 bits per heavy atom. The molecule has 15 heavy (non-hydrogen) atoms. The van der Waals surface area contributed by atoms with Gasteiger partial charge in [0.15, 0.2) is 0 Å². The Morgan fingerprint density at radius 2 is 2.13 bits per heavy atom. The lowest BCUT2D eigenvalue weighted by Crippen LogP contribution is -2.12. The standard InChI is InChI=1S/C11H7ClN2O/c12-10-7-5-13-11(15)9(7)6-3-1-2-4-8(6)14-10/h1-4H,5H2,(H,13,15). The first-order valence-corrected chi connectivity index (χ1v) is 5.00. The first-order chi connectivity index (χ1) is 7.27. The highest BCUT2D eigenvalue weighted by Crippen LogP contribution is 2.29. The molecular weight excluding hydrogens is 212 g/mol. The first kappa shape index (κ1) is 8.68. The van der Waals surface area contributed by atoms with E-state index < -0.39 is 0 Å². The molecule has 0 atom stereocenters. The van der Waals surface area contributed by atoms with Gasteiger partial charge in [-0.1, -0.05) is 29.8 Å². The van der Waals surface area contributed by atoms with Gasteiger partial charge in [0.25, 0.3) is 5.91 Å². The van der Waals surface area contributed by atoms with Crippen LogP contribution >= 0.6 is 11.6 Å². The second-order valence-corrected chi connectivity index (χ2v) is 3.81. The average Bonchev–Trinajstić information content (AvgIpc) is 2.62. The van der Waals surface area contributed by atoms with E-state index in [-0.39, 0.29) is 5.91 Å². The molecule has 0 radical (unpaired) electrons. The van der Waals surface area contributed by atoms with Gasteiger partial charge in [0, 0.05) is 17.5 Å². The van der Waals surface area contributed by atoms with Crippen molar-refractivity contribution in [3.05, 3.63) is 40.5 Å². The molecule has 3 rings (SSSR count). The van der Waals surface area contributed by atoms with Crippen LogP contribution in [-0.2, 0) is 6.54 Å². The lowest BCUT2D eigenvalue weighted by Gasteiger charge is -2.03. The van der Waals surface area contributed by atoms with Crippen molar-refractivity contribution in [3.8, 4) is 0 Å². The summed E-state index contributed by atoms with van der Waals surface area (Å²) >= 11 is 6.01. The topological polar surface area (TPSA) is 42.0 Å². The number of benzene rings is 1. The number of nitrogens with zero attached hydrogens (tertiary/aromatic N) is 1. The molecule has 0 saturated heterocycles. The maximum Gasteiger partial charge on any atom is 0.252 e. The Morgan fingerprint density at radius 3 is 3.00 bits per heavy atom. The lowest BCUT2D eigenvalue weighted by atomic mass is 10.1. The molecule has 0 fully saturated rings. The number of nitrogens with one attached hydrogen (secondary N) is 1. The zero-order chi connectivity index (χ0) is 10.4. The average molecular weight is 219 g/mol. The molecule has 0 bridgehead atoms. The predicted octanol–water partition coefficient (Wildman–Crippen LogP) is 2.13. The van der Waals surface area contributed by atoms with Crippen LogP contribution in [0.3, 0.4) is 0 Å². The molecule has 74 valence electrons. The van der Waals surface area contributed by atoms with Gasteiger partial charge in [0.1, 0.15) is 5.15 Å². The molecule has 2 aromatic rings. The molecule has 1 aromatic heterocycles. The number of carbonyl (C=O) groups is 1. The van der Waals surface area contributed by atoms with Crippen molar-refractivity contribution >= 4 is 28.4 Å². The Hall–Kier alpha value is -1.61. The number of hydrogen-bond donors (Lipinski definition) is 1. The molecule has 0 unspecified atom stereocenters. The highest BCUT2D eigenvalue weighted by atomic mass is 35.5. The molecule has 1 aliphatic heterocycles. The summed E-state index contributed by atoms with van der Waals surface area (Å²) in [7, 11) is 0. The number of fused-ring (bicyclic) bond motifs is 3. The third kappa shape index (κ3) is 1.13. The Kier molecular flexibility index (Phi) is 1.70. The molecule has 0 saturated carbocycles. The van der Waals surface area contributed by atoms with Gasteiger partial charge in [-0.2, -0.15) is 0 Å². The highest BCUT2D eigenvalue weighted by Gasteiger charge is 2.24. The number of pyridine rings is 1. The van der Waals surface area contributed by atoms with Crippen molar-refractivity contribution in [2.75, 3.05) is 0 Å². The number of para-hydroxylation sites is 1. The van der Waals surface area contributed by atoms with Crippen LogP contribution in [0.4, 0.5) is 0 Å². The van der Waals surface area contributed by atoms with Crippen molar-refractivity contribution in [3.63, 3.8) is 0 Å². The van der Waals surface area contributed by atoms with E-state index in [1.807, 2.05) is 24.3 Å². The normalized spacial score (nSPS) is 14.1. The maximum atomic E-state index is 11.6. The van der Waals surface area contributed by atoms with Crippen LogP contribution in [0, 0.1) is 0 Å². The first-order valence-electron chi connectivity index (χ1n) is 4.62. The maximum absolute atomic E-state index is 11.6. The van der Waals surface area contributed by atoms with E-state index >= 15 is 0 Å². The van der Waals surface area contributed by atoms with Crippen LogP contribution in [0.5, 0.6) is 0 Å². The molecule has 0 spiro atoms. The van der Waals surface area contributed by atoms with Crippen LogP contribution in [-0.4, -0.2) is 10.9 Å². The van der Waals surface area contributed by atoms with Gasteiger partial charge in [0.05, 0.1) is 11.1 Å². The van der Waals surface area contributed by atoms with E-state index in [1.165, 1.54) is 0 Å². The fraction of sp³-hybridized carbons (Fsp3) is 0.0909. The Balaban J connectivity index is 2.51. The van der Waals surface area contributed by atoms with Crippen molar-refractivity contribution in [1.29, 1.82) is 0 Å². The van der Waals surface area contributed by atoms with Crippen molar-refractivity contribution in [2.45, 2.75) is 6.54 Å². The van der Waals surface area contributed by atoms with Crippen LogP contribution in [0.25, 0.3) is 10.9 Å². The van der Waals surface area contributed by atoms with Crippen LogP contribution in [0.2, 0.25) is 5.15 Å². The second-order valence-electron chi connectivity index (χ2n) is 3.46. The third-order valence-electron chi connectivity index (χ3n) is 2.60. The van der Waals surface area contributed by atoms with Crippen LogP contribution in [0.1, 0.15) is 15.9 Å². The third-order valence-corrected chi connectivity index (χ3v) is 2.91. The molecular formula is C11H7ClN2O. The number of aromatic nitrogens is 1. The van der Waals surface area contributed by atoms with Gasteiger partial charge in [-0.25, -0.2) is 4.98 Å². The molecule has 1 N–H and O–H groups in total. The molecule has 2 heterocycles. The number of hydrogen-bond acceptors (Lipinski definition) is 2. The molecule has 1 amide bonds. The fourth-order valence-corrected chi connectivity index (χ4v) is 2.15. The predicted molar refractivity (Wildman–Crippen MR) is 57.9 cm³/mol. The summed E-state index contributed by atoms with van der Waals surface area (Å²) in [5, 5.41) is 4.04. The van der Waals surface area contributed by atoms with Gasteiger partial charge in [0.2, 0.25) is 0 Å². The van der Waals surface area contributed by atoms with Gasteiger partial charge in [-0.15, -0.1) is 0 Å². The molecule has 3 nitrogen and oxygen atoms in total. The van der Waals surface area contributed by atoms with Crippen LogP contribution in [0.15, 0.2) is 24.3 Å². The van der Waals surface area contributed by atoms with E-state index in [1.54, 1.807) is 0 Å². The van der Waals surface area contributed by atoms with E-state index in [9.17, 15) is 4.79 Å². The summed E-state index contributed by atoms with van der Waals surface area (Å²) in [6.07, 6.45) is 0. The summed E-state index contributed by atoms with van der Waals surface area (Å²) in [6.45, 7) is 0.477. The summed E-state index contributed by atoms with van der Waals surface area (Å²) in [5.74, 6) is -0.0644. The smallest absolute Gasteiger partial charge is 0.252 e. The molecule has 4 heteroatoms. The number of carbonyl (C=O) groups excluding carboxylic acids is 1. The SMILES string of the molecule is O=C1NCc2c(Cl)nc3ccccc3c21. The quantitative estimate of drug-likeness (QED) is 0.689. The zero-order valence-electron chi connectivity index (χ0n) is 7.75. The van der Waals surface area contributed by atoms with Gasteiger partial charge in [-0.05, 0) is 6.07 Å². The van der Waals surface area contributed by atoms with Crippen molar-refractivity contribution in [2.24, 2.45) is 0 Å². The van der Waals surface area contributed by atoms with Crippen molar-refractivity contribution in [1.82, 2.24) is 10.3 Å². The minimum atomic E-state index is -0.0644. The summed E-state index contributed by atoms with van der Waals surface area (Å²) < 4.78 is 0. The number of rotatable bonds is 0. The monoisotopic (exact) mass is 218 g/mol. The molecule has 0 aliphatic carbocycles. The number of halogens is 1. The van der Waals surface area contributed by atoms with Gasteiger partial charge in [-0.3, -0.25) is 4.79 Å². The van der Waals surface area contributed by atoms with E-state index in [0.29, 0.717) is 17.3 Å². The summed E-state index contributed by atoms with van der Waals surface area (Å²) in [5.41, 5.74) is 2.24. The fourth-order valence-electron chi connectivity index (χ4n) is 1.90. The van der Waals surface area contributed by atoms with Crippen LogP contribution < -0.4 is 5.32 Å². The Bertz CT molecular complexity index is 580. The van der Waals surface area contributed by atoms with Gasteiger partial charge >= 0.3 is 0 Å². The van der Waals surface area contributed by atoms with Gasteiger partial charge < -0.3 is 5.32 Å². The largest absolute Gasteiger partial charge is 0.348 e. The molecule has 1 aromatic carbocycles. The Labute approximate surface area is 91.1 Å². The minimum absolute atomic E-state index is 0.0644. The lowest BCUT2D eigenvalue weighted by molar-refractivity contribution is 0.0967. The van der Waals surface area contributed by atoms with E-state index in [0.717, 1.165) is 16.5 Å². The minimum Gasteiger partial charge on any atom is -0.348 e. The second kappa shape index (κ2) is 2.94. The van der Waals surface area contributed by atoms with E-state index in [2.05, 4.69) is 10.3 Å². The van der Waals surface area contributed by atoms with Crippen molar-refractivity contribution < 1.29 is 4.79 Å².